The Morgan fingerprint density at radius 2 is 2.05 bits per heavy atom. The third-order valence-corrected chi connectivity index (χ3v) is 6.64. The van der Waals surface area contributed by atoms with Crippen LogP contribution in [0.2, 0.25) is 0 Å². The highest BCUT2D eigenvalue weighted by atomic mass is 32.2. The Balaban J connectivity index is 1.53. The molecule has 2 unspecified atom stereocenters. The van der Waals surface area contributed by atoms with Crippen LogP contribution >= 0.6 is 0 Å². The minimum Gasteiger partial charge on any atom is -0.369 e. The van der Waals surface area contributed by atoms with Gasteiger partial charge in [0.2, 0.25) is 10.0 Å². The lowest BCUT2D eigenvalue weighted by atomic mass is 9.92. The molecular weight excluding hydrogens is 274 g/mol. The lowest BCUT2D eigenvalue weighted by Crippen LogP contribution is -2.56. The van der Waals surface area contributed by atoms with Crippen LogP contribution in [-0.2, 0) is 10.0 Å². The Kier molecular flexibility index (Phi) is 4.04. The molecule has 20 heavy (non-hydrogen) atoms. The minimum absolute atomic E-state index is 0.293. The summed E-state index contributed by atoms with van der Waals surface area (Å²) in [6, 6.07) is 0.967. The van der Waals surface area contributed by atoms with E-state index in [1.54, 1.807) is 4.31 Å². The van der Waals surface area contributed by atoms with Crippen molar-refractivity contribution in [3.8, 4) is 0 Å². The summed E-state index contributed by atoms with van der Waals surface area (Å²) < 4.78 is 25.7. The van der Waals surface area contributed by atoms with Crippen molar-refractivity contribution in [3.63, 3.8) is 0 Å². The van der Waals surface area contributed by atoms with Crippen LogP contribution in [0.25, 0.3) is 0 Å². The van der Waals surface area contributed by atoms with Crippen LogP contribution in [0.1, 0.15) is 45.4 Å². The van der Waals surface area contributed by atoms with Crippen LogP contribution in [0.4, 0.5) is 0 Å². The second-order valence-corrected chi connectivity index (χ2v) is 8.39. The SMILES string of the molecule is CCCCS(=O)(=O)N1CC(C2=NC3CCCCC3N2)C1. The first kappa shape index (κ1) is 14.3. The Morgan fingerprint density at radius 1 is 1.30 bits per heavy atom. The van der Waals surface area contributed by atoms with Gasteiger partial charge < -0.3 is 5.32 Å². The lowest BCUT2D eigenvalue weighted by molar-refractivity contribution is 0.254. The van der Waals surface area contributed by atoms with Crippen LogP contribution in [0.15, 0.2) is 4.99 Å². The Morgan fingerprint density at radius 3 is 2.75 bits per heavy atom. The zero-order valence-electron chi connectivity index (χ0n) is 12.2. The van der Waals surface area contributed by atoms with Gasteiger partial charge in [0.1, 0.15) is 5.84 Å². The van der Waals surface area contributed by atoms with Gasteiger partial charge in [0.05, 0.1) is 11.8 Å². The van der Waals surface area contributed by atoms with Crippen LogP contribution in [0.3, 0.4) is 0 Å². The molecule has 1 saturated heterocycles. The van der Waals surface area contributed by atoms with E-state index in [4.69, 9.17) is 4.99 Å². The molecule has 1 N–H and O–H groups in total. The topological polar surface area (TPSA) is 61.8 Å². The molecule has 0 bridgehead atoms. The predicted octanol–water partition coefficient (Wildman–Crippen LogP) is 1.36. The maximum absolute atomic E-state index is 12.0. The fraction of sp³-hybridized carbons (Fsp3) is 0.929. The highest BCUT2D eigenvalue weighted by Crippen LogP contribution is 2.29. The summed E-state index contributed by atoms with van der Waals surface area (Å²) in [4.78, 5) is 4.79. The molecule has 2 fully saturated rings. The van der Waals surface area contributed by atoms with Crippen molar-refractivity contribution < 1.29 is 8.42 Å². The highest BCUT2D eigenvalue weighted by Gasteiger charge is 2.41. The number of hydrogen-bond acceptors (Lipinski definition) is 4. The van der Waals surface area contributed by atoms with Crippen molar-refractivity contribution in [2.75, 3.05) is 18.8 Å². The molecule has 0 amide bonds. The number of rotatable bonds is 5. The fourth-order valence-electron chi connectivity index (χ4n) is 3.36. The molecule has 0 spiro atoms. The maximum atomic E-state index is 12.0. The summed E-state index contributed by atoms with van der Waals surface area (Å²) in [5, 5.41) is 3.54. The smallest absolute Gasteiger partial charge is 0.214 e. The van der Waals surface area contributed by atoms with Crippen molar-refractivity contribution in [1.29, 1.82) is 0 Å². The minimum atomic E-state index is -3.02. The summed E-state index contributed by atoms with van der Waals surface area (Å²) in [5.41, 5.74) is 0. The van der Waals surface area contributed by atoms with Crippen molar-refractivity contribution >= 4 is 15.9 Å². The summed E-state index contributed by atoms with van der Waals surface area (Å²) in [6.45, 7) is 3.27. The predicted molar refractivity (Wildman–Crippen MR) is 80.4 cm³/mol. The van der Waals surface area contributed by atoms with Crippen LogP contribution in [0, 0.1) is 5.92 Å². The zero-order valence-corrected chi connectivity index (χ0v) is 13.0. The number of nitrogens with zero attached hydrogens (tertiary/aromatic N) is 2. The van der Waals surface area contributed by atoms with Crippen LogP contribution in [-0.4, -0.2) is 49.5 Å². The molecule has 6 heteroatoms. The maximum Gasteiger partial charge on any atom is 0.214 e. The van der Waals surface area contributed by atoms with E-state index in [2.05, 4.69) is 5.32 Å². The van der Waals surface area contributed by atoms with E-state index in [1.165, 1.54) is 25.7 Å². The number of unbranched alkanes of at least 4 members (excludes halogenated alkanes) is 1. The summed E-state index contributed by atoms with van der Waals surface area (Å²) in [5.74, 6) is 1.67. The number of aliphatic imine (C=N–C) groups is 1. The van der Waals surface area contributed by atoms with Gasteiger partial charge >= 0.3 is 0 Å². The summed E-state index contributed by atoms with van der Waals surface area (Å²) in [6.07, 6.45) is 6.65. The van der Waals surface area contributed by atoms with E-state index in [1.807, 2.05) is 6.92 Å². The van der Waals surface area contributed by atoms with E-state index >= 15 is 0 Å². The van der Waals surface area contributed by atoms with E-state index in [0.717, 1.165) is 18.7 Å². The first-order chi connectivity index (χ1) is 9.60. The number of hydrogen-bond donors (Lipinski definition) is 1. The molecule has 114 valence electrons. The number of nitrogens with one attached hydrogen (secondary N) is 1. The number of fused-ring (bicyclic) bond motifs is 1. The van der Waals surface area contributed by atoms with Gasteiger partial charge in [-0.3, -0.25) is 4.99 Å². The fourth-order valence-corrected chi connectivity index (χ4v) is 5.08. The van der Waals surface area contributed by atoms with Crippen LogP contribution in [0.5, 0.6) is 0 Å². The second kappa shape index (κ2) is 5.64. The van der Waals surface area contributed by atoms with E-state index < -0.39 is 10.0 Å². The van der Waals surface area contributed by atoms with E-state index in [9.17, 15) is 8.42 Å². The monoisotopic (exact) mass is 299 g/mol. The molecule has 2 aliphatic heterocycles. The van der Waals surface area contributed by atoms with Gasteiger partial charge in [0.25, 0.3) is 0 Å². The molecule has 0 aromatic rings. The van der Waals surface area contributed by atoms with Crippen molar-refractivity contribution in [2.45, 2.75) is 57.5 Å². The normalized spacial score (nSPS) is 31.4. The average molecular weight is 299 g/mol. The van der Waals surface area contributed by atoms with Gasteiger partial charge in [-0.1, -0.05) is 26.2 Å². The first-order valence-corrected chi connectivity index (χ1v) is 9.53. The average Bonchev–Trinajstić information content (AvgIpc) is 2.77. The molecule has 5 nitrogen and oxygen atoms in total. The third-order valence-electron chi connectivity index (χ3n) is 4.75. The summed E-state index contributed by atoms with van der Waals surface area (Å²) in [7, 11) is -3.02. The van der Waals surface area contributed by atoms with E-state index in [0.29, 0.717) is 36.8 Å². The third kappa shape index (κ3) is 2.72. The molecule has 3 rings (SSSR count). The van der Waals surface area contributed by atoms with Crippen molar-refractivity contribution in [3.05, 3.63) is 0 Å². The Hall–Kier alpha value is -0.620. The molecule has 0 aromatic carbocycles. The lowest BCUT2D eigenvalue weighted by Gasteiger charge is -2.38. The first-order valence-electron chi connectivity index (χ1n) is 7.92. The van der Waals surface area contributed by atoms with Gasteiger partial charge in [0.15, 0.2) is 0 Å². The van der Waals surface area contributed by atoms with Crippen LogP contribution < -0.4 is 5.32 Å². The molecule has 2 atom stereocenters. The Bertz CT molecular complexity index is 483. The molecule has 0 radical (unpaired) electrons. The standard InChI is InChI=1S/C14H25N3O2S/c1-2-3-8-20(18,19)17-9-11(10-17)14-15-12-6-4-5-7-13(12)16-14/h11-13H,2-10H2,1H3,(H,15,16). The second-order valence-electron chi connectivity index (χ2n) is 6.30. The molecular formula is C14H25N3O2S. The largest absolute Gasteiger partial charge is 0.369 e. The van der Waals surface area contributed by atoms with Gasteiger partial charge in [-0.05, 0) is 19.3 Å². The van der Waals surface area contributed by atoms with Gasteiger partial charge in [-0.15, -0.1) is 0 Å². The zero-order chi connectivity index (χ0) is 14.2. The molecule has 1 saturated carbocycles. The highest BCUT2D eigenvalue weighted by molar-refractivity contribution is 7.89. The van der Waals surface area contributed by atoms with E-state index in [-0.39, 0.29) is 0 Å². The number of amidine groups is 1. The Labute approximate surface area is 121 Å². The van der Waals surface area contributed by atoms with Crippen molar-refractivity contribution in [2.24, 2.45) is 10.9 Å². The molecule has 3 aliphatic rings. The van der Waals surface area contributed by atoms with Gasteiger partial charge in [-0.25, -0.2) is 12.7 Å². The summed E-state index contributed by atoms with van der Waals surface area (Å²) >= 11 is 0. The molecule has 1 aliphatic carbocycles. The number of sulfonamides is 1. The van der Waals surface area contributed by atoms with Gasteiger partial charge in [-0.2, -0.15) is 0 Å². The molecule has 2 heterocycles. The quantitative estimate of drug-likeness (QED) is 0.834. The van der Waals surface area contributed by atoms with Crippen molar-refractivity contribution in [1.82, 2.24) is 9.62 Å². The van der Waals surface area contributed by atoms with Gasteiger partial charge in [0, 0.05) is 25.0 Å². The molecule has 0 aromatic heterocycles.